The number of hydrogen-bond acceptors (Lipinski definition) is 6. The highest BCUT2D eigenvalue weighted by atomic mass is 35.5. The lowest BCUT2D eigenvalue weighted by Crippen LogP contribution is -2.01. The fraction of sp³-hybridized carbons (Fsp3) is 0.412. The molecule has 5 rings (SSSR count). The Morgan fingerprint density at radius 1 is 1.08 bits per heavy atom. The second-order valence-corrected chi connectivity index (χ2v) is 7.84. The van der Waals surface area contributed by atoms with Gasteiger partial charge in [-0.15, -0.1) is 20.4 Å². The average molecular weight is 374 g/mol. The first-order valence-corrected chi connectivity index (χ1v) is 9.81. The fourth-order valence-electron chi connectivity index (χ4n) is 2.86. The minimum absolute atomic E-state index is 0.448. The van der Waals surface area contributed by atoms with Crippen molar-refractivity contribution in [2.75, 3.05) is 0 Å². The van der Waals surface area contributed by atoms with Gasteiger partial charge in [-0.1, -0.05) is 35.5 Å². The third-order valence-corrected chi connectivity index (χ3v) is 5.70. The zero-order valence-corrected chi connectivity index (χ0v) is 15.0. The number of hydrogen-bond donors (Lipinski definition) is 0. The molecule has 2 fully saturated rings. The molecule has 0 bridgehead atoms. The summed E-state index contributed by atoms with van der Waals surface area (Å²) >= 11 is 7.79. The maximum atomic E-state index is 6.19. The fourth-order valence-corrected chi connectivity index (χ4v) is 3.93. The van der Waals surface area contributed by atoms with Crippen molar-refractivity contribution in [2.24, 2.45) is 0 Å². The summed E-state index contributed by atoms with van der Waals surface area (Å²) in [4.78, 5) is 0. The summed E-state index contributed by atoms with van der Waals surface area (Å²) in [6.45, 7) is 0. The summed E-state index contributed by atoms with van der Waals surface area (Å²) in [5.41, 5.74) is 0.755. The van der Waals surface area contributed by atoms with Crippen molar-refractivity contribution in [1.29, 1.82) is 0 Å². The summed E-state index contributed by atoms with van der Waals surface area (Å²) in [7, 11) is 0. The molecule has 6 nitrogen and oxygen atoms in total. The summed E-state index contributed by atoms with van der Waals surface area (Å²) < 4.78 is 8.10. The summed E-state index contributed by atoms with van der Waals surface area (Å²) in [5, 5.41) is 18.6. The van der Waals surface area contributed by atoms with Gasteiger partial charge in [-0.05, 0) is 37.8 Å². The van der Waals surface area contributed by atoms with Gasteiger partial charge >= 0.3 is 0 Å². The highest BCUT2D eigenvalue weighted by molar-refractivity contribution is 7.98. The topological polar surface area (TPSA) is 69.6 Å². The molecule has 2 aliphatic carbocycles. The number of halogens is 1. The van der Waals surface area contributed by atoms with Gasteiger partial charge in [0.05, 0.1) is 16.3 Å². The smallest absolute Gasteiger partial charge is 0.249 e. The average Bonchev–Trinajstić information content (AvgIpc) is 3.55. The van der Waals surface area contributed by atoms with E-state index in [1.807, 2.05) is 24.3 Å². The number of benzene rings is 1. The number of nitrogens with zero attached hydrogens (tertiary/aromatic N) is 5. The summed E-state index contributed by atoms with van der Waals surface area (Å²) in [6, 6.07) is 8.04. The van der Waals surface area contributed by atoms with E-state index in [2.05, 4.69) is 25.0 Å². The van der Waals surface area contributed by atoms with Crippen LogP contribution in [0.2, 0.25) is 5.02 Å². The maximum absolute atomic E-state index is 6.19. The quantitative estimate of drug-likeness (QED) is 0.593. The van der Waals surface area contributed by atoms with E-state index in [0.29, 0.717) is 34.5 Å². The Morgan fingerprint density at radius 2 is 1.92 bits per heavy atom. The summed E-state index contributed by atoms with van der Waals surface area (Å²) in [6.07, 6.45) is 4.92. The number of thioether (sulfide) groups is 1. The third kappa shape index (κ3) is 3.06. The van der Waals surface area contributed by atoms with Gasteiger partial charge in [0.1, 0.15) is 5.82 Å². The van der Waals surface area contributed by atoms with E-state index in [0.717, 1.165) is 16.5 Å². The van der Waals surface area contributed by atoms with E-state index in [1.165, 1.54) is 25.7 Å². The zero-order chi connectivity index (χ0) is 16.8. The lowest BCUT2D eigenvalue weighted by Gasteiger charge is -2.06. The van der Waals surface area contributed by atoms with Crippen LogP contribution in [-0.2, 0) is 5.75 Å². The van der Waals surface area contributed by atoms with Crippen LogP contribution in [0.25, 0.3) is 11.5 Å². The molecule has 2 aliphatic rings. The van der Waals surface area contributed by atoms with Crippen LogP contribution in [0.15, 0.2) is 33.8 Å². The highest BCUT2D eigenvalue weighted by Gasteiger charge is 2.36. The van der Waals surface area contributed by atoms with E-state index in [1.54, 1.807) is 11.8 Å². The first-order valence-electron chi connectivity index (χ1n) is 8.44. The van der Waals surface area contributed by atoms with Crippen LogP contribution in [0, 0.1) is 0 Å². The van der Waals surface area contributed by atoms with Crippen LogP contribution in [0.5, 0.6) is 0 Å². The van der Waals surface area contributed by atoms with Crippen molar-refractivity contribution >= 4 is 23.4 Å². The van der Waals surface area contributed by atoms with Gasteiger partial charge < -0.3 is 8.98 Å². The molecule has 0 radical (unpaired) electrons. The minimum atomic E-state index is 0.448. The molecular weight excluding hydrogens is 358 g/mol. The lowest BCUT2D eigenvalue weighted by atomic mass is 10.2. The molecule has 128 valence electrons. The van der Waals surface area contributed by atoms with Gasteiger partial charge in [-0.3, -0.25) is 0 Å². The van der Waals surface area contributed by atoms with Gasteiger partial charge in [-0.25, -0.2) is 0 Å². The molecule has 0 amide bonds. The van der Waals surface area contributed by atoms with Crippen LogP contribution >= 0.6 is 23.4 Å². The molecule has 25 heavy (non-hydrogen) atoms. The van der Waals surface area contributed by atoms with E-state index in [4.69, 9.17) is 16.0 Å². The van der Waals surface area contributed by atoms with Crippen molar-refractivity contribution in [1.82, 2.24) is 25.0 Å². The Hall–Kier alpha value is -1.86. The molecule has 2 heterocycles. The van der Waals surface area contributed by atoms with E-state index >= 15 is 0 Å². The normalized spacial score (nSPS) is 17.2. The van der Waals surface area contributed by atoms with E-state index in [9.17, 15) is 0 Å². The Morgan fingerprint density at radius 3 is 2.68 bits per heavy atom. The standard InChI is InChI=1S/C17H16ClN5OS/c18-13-4-2-1-3-12(13)16-21-19-14(24-16)9-25-17-22-20-15(10-5-6-10)23(17)11-7-8-11/h1-4,10-11H,5-9H2. The molecule has 1 aromatic carbocycles. The van der Waals surface area contributed by atoms with Gasteiger partial charge in [0, 0.05) is 12.0 Å². The maximum Gasteiger partial charge on any atom is 0.249 e. The molecular formula is C17H16ClN5OS. The minimum Gasteiger partial charge on any atom is -0.420 e. The lowest BCUT2D eigenvalue weighted by molar-refractivity contribution is 0.528. The molecule has 2 aromatic heterocycles. The molecule has 8 heteroatoms. The van der Waals surface area contributed by atoms with Crippen molar-refractivity contribution in [3.8, 4) is 11.5 Å². The van der Waals surface area contributed by atoms with Crippen molar-refractivity contribution in [2.45, 2.75) is 48.6 Å². The first-order chi connectivity index (χ1) is 12.3. The van der Waals surface area contributed by atoms with Gasteiger partial charge in [0.15, 0.2) is 5.16 Å². The Bertz CT molecular complexity index is 915. The molecule has 0 spiro atoms. The predicted octanol–water partition coefficient (Wildman–Crippen LogP) is 4.49. The molecule has 2 saturated carbocycles. The Balaban J connectivity index is 1.33. The van der Waals surface area contributed by atoms with Gasteiger partial charge in [0.2, 0.25) is 11.8 Å². The molecule has 0 unspecified atom stereocenters. The second-order valence-electron chi connectivity index (χ2n) is 6.49. The molecule has 0 atom stereocenters. The second kappa shape index (κ2) is 6.14. The molecule has 0 N–H and O–H groups in total. The first kappa shape index (κ1) is 15.4. The Labute approximate surface area is 154 Å². The van der Waals surface area contributed by atoms with Crippen LogP contribution in [0.4, 0.5) is 0 Å². The van der Waals surface area contributed by atoms with Gasteiger partial charge in [0.25, 0.3) is 0 Å². The number of aromatic nitrogens is 5. The van der Waals surface area contributed by atoms with Crippen molar-refractivity contribution < 1.29 is 4.42 Å². The predicted molar refractivity (Wildman–Crippen MR) is 94.6 cm³/mol. The van der Waals surface area contributed by atoms with Crippen LogP contribution < -0.4 is 0 Å². The van der Waals surface area contributed by atoms with Gasteiger partial charge in [-0.2, -0.15) is 0 Å². The zero-order valence-electron chi connectivity index (χ0n) is 13.4. The van der Waals surface area contributed by atoms with E-state index in [-0.39, 0.29) is 0 Å². The third-order valence-electron chi connectivity index (χ3n) is 4.44. The van der Waals surface area contributed by atoms with E-state index < -0.39 is 0 Å². The van der Waals surface area contributed by atoms with Crippen LogP contribution in [-0.4, -0.2) is 25.0 Å². The highest BCUT2D eigenvalue weighted by Crippen LogP contribution is 2.46. The number of rotatable bonds is 6. The van der Waals surface area contributed by atoms with Crippen LogP contribution in [0.1, 0.15) is 49.4 Å². The largest absolute Gasteiger partial charge is 0.420 e. The van der Waals surface area contributed by atoms with Crippen molar-refractivity contribution in [3.05, 3.63) is 41.0 Å². The Kier molecular flexibility index (Phi) is 3.78. The molecule has 3 aromatic rings. The molecule has 0 aliphatic heterocycles. The SMILES string of the molecule is Clc1ccccc1-c1nnc(CSc2nnc(C3CC3)n2C2CC2)o1. The summed E-state index contributed by atoms with van der Waals surface area (Å²) in [5.74, 6) is 3.36. The monoisotopic (exact) mass is 373 g/mol. The molecule has 0 saturated heterocycles. The van der Waals surface area contributed by atoms with Crippen LogP contribution in [0.3, 0.4) is 0 Å². The van der Waals surface area contributed by atoms with Crippen molar-refractivity contribution in [3.63, 3.8) is 0 Å².